The van der Waals surface area contributed by atoms with Crippen LogP contribution in [-0.2, 0) is 4.74 Å². The summed E-state index contributed by atoms with van der Waals surface area (Å²) < 4.78 is 11.4. The summed E-state index contributed by atoms with van der Waals surface area (Å²) in [7, 11) is 1.72. The SMILES string of the molecule is CC[C@H](c1ccc(Cl)cc1OC)[C@@H]1CCOC(C)(C)C1. The van der Waals surface area contributed by atoms with Crippen molar-refractivity contribution in [3.8, 4) is 5.75 Å². The molecule has 2 rings (SSSR count). The highest BCUT2D eigenvalue weighted by atomic mass is 35.5. The van der Waals surface area contributed by atoms with Gasteiger partial charge in [0, 0.05) is 11.6 Å². The Balaban J connectivity index is 2.28. The van der Waals surface area contributed by atoms with Crippen LogP contribution < -0.4 is 4.74 Å². The van der Waals surface area contributed by atoms with Crippen molar-refractivity contribution >= 4 is 11.6 Å². The first-order chi connectivity index (χ1) is 9.46. The number of hydrogen-bond acceptors (Lipinski definition) is 2. The van der Waals surface area contributed by atoms with Crippen LogP contribution in [0.2, 0.25) is 5.02 Å². The topological polar surface area (TPSA) is 18.5 Å². The van der Waals surface area contributed by atoms with Crippen molar-refractivity contribution in [3.05, 3.63) is 28.8 Å². The van der Waals surface area contributed by atoms with Gasteiger partial charge < -0.3 is 9.47 Å². The second-order valence-electron chi connectivity index (χ2n) is 6.26. The van der Waals surface area contributed by atoms with E-state index in [0.29, 0.717) is 11.8 Å². The predicted octanol–water partition coefficient (Wildman–Crippen LogP) is 5.05. The third kappa shape index (κ3) is 3.48. The average molecular weight is 297 g/mol. The molecule has 0 spiro atoms. The molecule has 0 aliphatic carbocycles. The molecule has 0 bridgehead atoms. The molecule has 1 fully saturated rings. The first-order valence-electron chi connectivity index (χ1n) is 7.44. The van der Waals surface area contributed by atoms with Crippen molar-refractivity contribution in [2.75, 3.05) is 13.7 Å². The molecule has 3 heteroatoms. The molecule has 2 atom stereocenters. The van der Waals surface area contributed by atoms with Gasteiger partial charge in [0.15, 0.2) is 0 Å². The van der Waals surface area contributed by atoms with Crippen molar-refractivity contribution in [3.63, 3.8) is 0 Å². The molecular weight excluding hydrogens is 272 g/mol. The van der Waals surface area contributed by atoms with Crippen LogP contribution >= 0.6 is 11.6 Å². The highest BCUT2D eigenvalue weighted by Crippen LogP contribution is 2.43. The fourth-order valence-corrected chi connectivity index (χ4v) is 3.58. The van der Waals surface area contributed by atoms with E-state index in [1.54, 1.807) is 7.11 Å². The van der Waals surface area contributed by atoms with Gasteiger partial charge in [0.05, 0.1) is 12.7 Å². The lowest BCUT2D eigenvalue weighted by Crippen LogP contribution is -2.36. The molecule has 0 aromatic heterocycles. The highest BCUT2D eigenvalue weighted by Gasteiger charge is 2.34. The molecule has 112 valence electrons. The van der Waals surface area contributed by atoms with Gasteiger partial charge in [-0.1, -0.05) is 24.6 Å². The summed E-state index contributed by atoms with van der Waals surface area (Å²) in [5.41, 5.74) is 1.26. The number of hydrogen-bond donors (Lipinski definition) is 0. The van der Waals surface area contributed by atoms with Crippen molar-refractivity contribution in [1.29, 1.82) is 0 Å². The molecular formula is C17H25ClO2. The Hall–Kier alpha value is -0.730. The Labute approximate surface area is 127 Å². The van der Waals surface area contributed by atoms with Crippen LogP contribution in [0.5, 0.6) is 5.75 Å². The largest absolute Gasteiger partial charge is 0.496 e. The minimum Gasteiger partial charge on any atom is -0.496 e. The molecule has 1 aliphatic heterocycles. The smallest absolute Gasteiger partial charge is 0.123 e. The second-order valence-corrected chi connectivity index (χ2v) is 6.70. The quantitative estimate of drug-likeness (QED) is 0.774. The van der Waals surface area contributed by atoms with Gasteiger partial charge in [-0.05, 0) is 62.6 Å². The first kappa shape index (κ1) is 15.7. The van der Waals surface area contributed by atoms with E-state index in [1.165, 1.54) is 5.56 Å². The maximum Gasteiger partial charge on any atom is 0.123 e. The van der Waals surface area contributed by atoms with E-state index in [4.69, 9.17) is 21.1 Å². The fraction of sp³-hybridized carbons (Fsp3) is 0.647. The fourth-order valence-electron chi connectivity index (χ4n) is 3.42. The van der Waals surface area contributed by atoms with Crippen LogP contribution in [0.15, 0.2) is 18.2 Å². The van der Waals surface area contributed by atoms with E-state index in [9.17, 15) is 0 Å². The van der Waals surface area contributed by atoms with Crippen LogP contribution in [0.25, 0.3) is 0 Å². The molecule has 1 aromatic carbocycles. The maximum atomic E-state index is 6.07. The zero-order chi connectivity index (χ0) is 14.8. The summed E-state index contributed by atoms with van der Waals surface area (Å²) >= 11 is 6.07. The summed E-state index contributed by atoms with van der Waals surface area (Å²) in [6.45, 7) is 7.47. The Bertz CT molecular complexity index is 456. The van der Waals surface area contributed by atoms with Crippen molar-refractivity contribution in [2.45, 2.75) is 51.6 Å². The predicted molar refractivity (Wildman–Crippen MR) is 83.8 cm³/mol. The Kier molecular flexibility index (Phi) is 4.98. The number of rotatable bonds is 4. The maximum absolute atomic E-state index is 6.07. The molecule has 0 N–H and O–H groups in total. The van der Waals surface area contributed by atoms with Gasteiger partial charge in [0.2, 0.25) is 0 Å². The highest BCUT2D eigenvalue weighted by molar-refractivity contribution is 6.30. The summed E-state index contributed by atoms with van der Waals surface area (Å²) in [5, 5.41) is 0.729. The molecule has 0 saturated carbocycles. The van der Waals surface area contributed by atoms with E-state index in [1.807, 2.05) is 12.1 Å². The molecule has 1 aliphatic rings. The molecule has 1 heterocycles. The average Bonchev–Trinajstić information content (AvgIpc) is 2.40. The molecule has 0 radical (unpaired) electrons. The van der Waals surface area contributed by atoms with Gasteiger partial charge >= 0.3 is 0 Å². The number of benzene rings is 1. The lowest BCUT2D eigenvalue weighted by atomic mass is 9.75. The van der Waals surface area contributed by atoms with Crippen LogP contribution in [-0.4, -0.2) is 19.3 Å². The zero-order valence-electron chi connectivity index (χ0n) is 12.9. The summed E-state index contributed by atoms with van der Waals surface area (Å²) in [6.07, 6.45) is 3.32. The van der Waals surface area contributed by atoms with E-state index in [-0.39, 0.29) is 5.60 Å². The van der Waals surface area contributed by atoms with Crippen molar-refractivity contribution in [1.82, 2.24) is 0 Å². The third-order valence-corrected chi connectivity index (χ3v) is 4.57. The molecule has 0 amide bonds. The minimum atomic E-state index is -0.0179. The Morgan fingerprint density at radius 1 is 1.45 bits per heavy atom. The summed E-state index contributed by atoms with van der Waals surface area (Å²) in [4.78, 5) is 0. The van der Waals surface area contributed by atoms with Crippen LogP contribution in [0.1, 0.15) is 51.5 Å². The standard InChI is InChI=1S/C17H25ClO2/c1-5-14(12-8-9-20-17(2,3)11-12)15-7-6-13(18)10-16(15)19-4/h6-7,10,12,14H,5,8-9,11H2,1-4H3/t12-,14+/m1/s1. The lowest BCUT2D eigenvalue weighted by Gasteiger charge is -2.39. The lowest BCUT2D eigenvalue weighted by molar-refractivity contribution is -0.0770. The van der Waals surface area contributed by atoms with Crippen LogP contribution in [0.3, 0.4) is 0 Å². The first-order valence-corrected chi connectivity index (χ1v) is 7.82. The monoisotopic (exact) mass is 296 g/mol. The van der Waals surface area contributed by atoms with Crippen LogP contribution in [0.4, 0.5) is 0 Å². The Morgan fingerprint density at radius 2 is 2.20 bits per heavy atom. The number of ether oxygens (including phenoxy) is 2. The van der Waals surface area contributed by atoms with Gasteiger partial charge in [0.25, 0.3) is 0 Å². The van der Waals surface area contributed by atoms with E-state index in [2.05, 4.69) is 26.8 Å². The minimum absolute atomic E-state index is 0.0179. The second kappa shape index (κ2) is 6.36. The third-order valence-electron chi connectivity index (χ3n) is 4.34. The number of halogens is 1. The summed E-state index contributed by atoms with van der Waals surface area (Å²) in [5.74, 6) is 2.05. The van der Waals surface area contributed by atoms with Crippen molar-refractivity contribution < 1.29 is 9.47 Å². The molecule has 0 unspecified atom stereocenters. The van der Waals surface area contributed by atoms with Crippen molar-refractivity contribution in [2.24, 2.45) is 5.92 Å². The van der Waals surface area contributed by atoms with Crippen LogP contribution in [0, 0.1) is 5.92 Å². The molecule has 20 heavy (non-hydrogen) atoms. The molecule has 1 saturated heterocycles. The van der Waals surface area contributed by atoms with Gasteiger partial charge in [0.1, 0.15) is 5.75 Å². The van der Waals surface area contributed by atoms with Gasteiger partial charge in [-0.3, -0.25) is 0 Å². The van der Waals surface area contributed by atoms with E-state index < -0.39 is 0 Å². The number of methoxy groups -OCH3 is 1. The molecule has 2 nitrogen and oxygen atoms in total. The van der Waals surface area contributed by atoms with Gasteiger partial charge in [-0.15, -0.1) is 0 Å². The molecule has 1 aromatic rings. The van der Waals surface area contributed by atoms with E-state index in [0.717, 1.165) is 36.6 Å². The van der Waals surface area contributed by atoms with Gasteiger partial charge in [-0.2, -0.15) is 0 Å². The van der Waals surface area contributed by atoms with E-state index >= 15 is 0 Å². The summed E-state index contributed by atoms with van der Waals surface area (Å²) in [6, 6.07) is 6.01. The zero-order valence-corrected chi connectivity index (χ0v) is 13.7. The normalized spacial score (nSPS) is 23.4. The Morgan fingerprint density at radius 3 is 2.80 bits per heavy atom. The van der Waals surface area contributed by atoms with Gasteiger partial charge in [-0.25, -0.2) is 0 Å².